The number of guanidine groups is 1. The Morgan fingerprint density at radius 3 is 2.76 bits per heavy atom. The van der Waals surface area contributed by atoms with Gasteiger partial charge in [-0.05, 0) is 43.4 Å². The van der Waals surface area contributed by atoms with Crippen molar-refractivity contribution >= 4 is 5.96 Å². The summed E-state index contributed by atoms with van der Waals surface area (Å²) >= 11 is 0. The molecule has 0 saturated heterocycles. The molecule has 6 heteroatoms. The minimum absolute atomic E-state index is 0.619. The van der Waals surface area contributed by atoms with E-state index in [1.165, 1.54) is 12.8 Å². The summed E-state index contributed by atoms with van der Waals surface area (Å²) in [6.45, 7) is 5.69. The molecule has 1 aliphatic rings. The maximum absolute atomic E-state index is 5.70. The Bertz CT molecular complexity index is 559. The third kappa shape index (κ3) is 6.46. The van der Waals surface area contributed by atoms with Gasteiger partial charge in [-0.1, -0.05) is 6.07 Å². The summed E-state index contributed by atoms with van der Waals surface area (Å²) in [5.74, 6) is 3.17. The lowest BCUT2D eigenvalue weighted by Crippen LogP contribution is -2.40. The first-order valence-corrected chi connectivity index (χ1v) is 8.97. The fourth-order valence-electron chi connectivity index (χ4n) is 2.50. The molecule has 1 aromatic carbocycles. The average molecular weight is 349 g/mol. The van der Waals surface area contributed by atoms with E-state index in [2.05, 4.69) is 15.2 Å². The fraction of sp³-hybridized carbons (Fsp3) is 0.632. The monoisotopic (exact) mass is 349 g/mol. The van der Waals surface area contributed by atoms with Crippen molar-refractivity contribution in [3.63, 3.8) is 0 Å². The number of ether oxygens (including phenoxy) is 3. The highest BCUT2D eigenvalue weighted by Gasteiger charge is 2.21. The van der Waals surface area contributed by atoms with E-state index in [1.54, 1.807) is 14.2 Å². The van der Waals surface area contributed by atoms with E-state index >= 15 is 0 Å². The second-order valence-electron chi connectivity index (χ2n) is 6.26. The first-order chi connectivity index (χ1) is 12.2. The van der Waals surface area contributed by atoms with Gasteiger partial charge in [-0.25, -0.2) is 0 Å². The molecule has 0 spiro atoms. The number of nitrogens with zero attached hydrogens (tertiary/aromatic N) is 2. The maximum atomic E-state index is 5.70. The van der Waals surface area contributed by atoms with E-state index in [9.17, 15) is 0 Å². The molecule has 0 aliphatic heterocycles. The SMILES string of the molecule is CCOc1ccc(CNC(=NC)N(C)CCOCC2CC2)cc1OC. The molecular weight excluding hydrogens is 318 g/mol. The number of benzene rings is 1. The van der Waals surface area contributed by atoms with Crippen LogP contribution in [-0.2, 0) is 11.3 Å². The van der Waals surface area contributed by atoms with Crippen LogP contribution in [0.5, 0.6) is 11.5 Å². The average Bonchev–Trinajstić information content (AvgIpc) is 3.45. The molecule has 0 heterocycles. The second kappa shape index (κ2) is 10.1. The van der Waals surface area contributed by atoms with Gasteiger partial charge in [-0.3, -0.25) is 4.99 Å². The van der Waals surface area contributed by atoms with Crippen molar-refractivity contribution < 1.29 is 14.2 Å². The van der Waals surface area contributed by atoms with Gasteiger partial charge in [0, 0.05) is 33.8 Å². The molecule has 140 valence electrons. The van der Waals surface area contributed by atoms with Crippen LogP contribution in [0.3, 0.4) is 0 Å². The Morgan fingerprint density at radius 2 is 2.12 bits per heavy atom. The molecule has 2 rings (SSSR count). The first kappa shape index (κ1) is 19.4. The van der Waals surface area contributed by atoms with E-state index < -0.39 is 0 Å². The van der Waals surface area contributed by atoms with Crippen molar-refractivity contribution in [2.45, 2.75) is 26.3 Å². The fourth-order valence-corrected chi connectivity index (χ4v) is 2.50. The van der Waals surface area contributed by atoms with Gasteiger partial charge in [-0.15, -0.1) is 0 Å². The van der Waals surface area contributed by atoms with E-state index in [0.717, 1.165) is 48.7 Å². The number of hydrogen-bond donors (Lipinski definition) is 1. The Kier molecular flexibility index (Phi) is 7.85. The van der Waals surface area contributed by atoms with E-state index in [4.69, 9.17) is 14.2 Å². The zero-order valence-electron chi connectivity index (χ0n) is 15.9. The largest absolute Gasteiger partial charge is 0.493 e. The minimum atomic E-state index is 0.619. The zero-order valence-corrected chi connectivity index (χ0v) is 15.9. The third-order valence-electron chi connectivity index (χ3n) is 4.17. The number of aliphatic imine (C=N–C) groups is 1. The van der Waals surface area contributed by atoms with Crippen LogP contribution in [0, 0.1) is 5.92 Å². The zero-order chi connectivity index (χ0) is 18.1. The van der Waals surface area contributed by atoms with Crippen molar-refractivity contribution in [2.75, 3.05) is 47.6 Å². The summed E-state index contributed by atoms with van der Waals surface area (Å²) in [5.41, 5.74) is 1.11. The van der Waals surface area contributed by atoms with Crippen LogP contribution in [0.4, 0.5) is 0 Å². The number of hydrogen-bond acceptors (Lipinski definition) is 4. The van der Waals surface area contributed by atoms with Crippen LogP contribution in [0.2, 0.25) is 0 Å². The Hall–Kier alpha value is -1.95. The Labute approximate surface area is 151 Å². The first-order valence-electron chi connectivity index (χ1n) is 8.97. The molecule has 0 unspecified atom stereocenters. The second-order valence-corrected chi connectivity index (χ2v) is 6.26. The minimum Gasteiger partial charge on any atom is -0.493 e. The summed E-state index contributed by atoms with van der Waals surface area (Å²) in [7, 11) is 5.47. The summed E-state index contributed by atoms with van der Waals surface area (Å²) < 4.78 is 16.6. The van der Waals surface area contributed by atoms with Gasteiger partial charge in [-0.2, -0.15) is 0 Å². The standard InChI is InChI=1S/C19H31N3O3/c1-5-25-17-9-8-16(12-18(17)23-4)13-21-19(20-2)22(3)10-11-24-14-15-6-7-15/h8-9,12,15H,5-7,10-11,13-14H2,1-4H3,(H,20,21). The van der Waals surface area contributed by atoms with Crippen LogP contribution >= 0.6 is 0 Å². The van der Waals surface area contributed by atoms with Crippen molar-refractivity contribution in [2.24, 2.45) is 10.9 Å². The molecule has 1 fully saturated rings. The van der Waals surface area contributed by atoms with E-state index in [1.807, 2.05) is 32.2 Å². The van der Waals surface area contributed by atoms with Gasteiger partial charge in [0.1, 0.15) is 0 Å². The summed E-state index contributed by atoms with van der Waals surface area (Å²) in [6, 6.07) is 5.97. The molecule has 0 bridgehead atoms. The number of nitrogens with one attached hydrogen (secondary N) is 1. The van der Waals surface area contributed by atoms with E-state index in [-0.39, 0.29) is 0 Å². The Morgan fingerprint density at radius 1 is 1.32 bits per heavy atom. The molecule has 0 radical (unpaired) electrons. The molecule has 1 aromatic rings. The molecule has 1 N–H and O–H groups in total. The summed E-state index contributed by atoms with van der Waals surface area (Å²) in [6.07, 6.45) is 2.65. The van der Waals surface area contributed by atoms with E-state index in [0.29, 0.717) is 13.2 Å². The van der Waals surface area contributed by atoms with Gasteiger partial charge in [0.2, 0.25) is 0 Å². The lowest BCUT2D eigenvalue weighted by molar-refractivity contribution is 0.115. The Balaban J connectivity index is 1.80. The maximum Gasteiger partial charge on any atom is 0.193 e. The number of likely N-dealkylation sites (N-methyl/N-ethyl adjacent to an activating group) is 1. The van der Waals surface area contributed by atoms with Crippen LogP contribution in [0.25, 0.3) is 0 Å². The highest BCUT2D eigenvalue weighted by atomic mass is 16.5. The molecule has 6 nitrogen and oxygen atoms in total. The van der Waals surface area contributed by atoms with Crippen LogP contribution in [0.1, 0.15) is 25.3 Å². The molecule has 1 aliphatic carbocycles. The van der Waals surface area contributed by atoms with Crippen LogP contribution in [0.15, 0.2) is 23.2 Å². The predicted molar refractivity (Wildman–Crippen MR) is 101 cm³/mol. The molecular formula is C19H31N3O3. The number of rotatable bonds is 10. The van der Waals surface area contributed by atoms with Crippen molar-refractivity contribution in [1.82, 2.24) is 10.2 Å². The lowest BCUT2D eigenvalue weighted by atomic mass is 10.2. The molecule has 1 saturated carbocycles. The van der Waals surface area contributed by atoms with Gasteiger partial charge in [0.05, 0.1) is 20.3 Å². The predicted octanol–water partition coefficient (Wildman–Crippen LogP) is 2.53. The lowest BCUT2D eigenvalue weighted by Gasteiger charge is -2.22. The summed E-state index contributed by atoms with van der Waals surface area (Å²) in [5, 5.41) is 3.37. The van der Waals surface area contributed by atoms with Crippen molar-refractivity contribution in [3.05, 3.63) is 23.8 Å². The number of methoxy groups -OCH3 is 1. The quantitative estimate of drug-likeness (QED) is 0.400. The van der Waals surface area contributed by atoms with Crippen molar-refractivity contribution in [3.8, 4) is 11.5 Å². The van der Waals surface area contributed by atoms with Gasteiger partial charge >= 0.3 is 0 Å². The van der Waals surface area contributed by atoms with Crippen LogP contribution in [-0.4, -0.2) is 58.4 Å². The van der Waals surface area contributed by atoms with Gasteiger partial charge in [0.25, 0.3) is 0 Å². The van der Waals surface area contributed by atoms with Gasteiger partial charge in [0.15, 0.2) is 17.5 Å². The van der Waals surface area contributed by atoms with Crippen LogP contribution < -0.4 is 14.8 Å². The molecule has 0 aromatic heterocycles. The smallest absolute Gasteiger partial charge is 0.193 e. The molecule has 25 heavy (non-hydrogen) atoms. The summed E-state index contributed by atoms with van der Waals surface area (Å²) in [4.78, 5) is 6.42. The topological polar surface area (TPSA) is 55.3 Å². The molecule has 0 atom stereocenters. The normalized spacial score (nSPS) is 14.3. The van der Waals surface area contributed by atoms with Gasteiger partial charge < -0.3 is 24.4 Å². The highest BCUT2D eigenvalue weighted by Crippen LogP contribution is 2.29. The van der Waals surface area contributed by atoms with Crippen molar-refractivity contribution in [1.29, 1.82) is 0 Å². The highest BCUT2D eigenvalue weighted by molar-refractivity contribution is 5.79. The third-order valence-corrected chi connectivity index (χ3v) is 4.17. The molecule has 0 amide bonds.